The Balaban J connectivity index is 1.16. The SMILES string of the molecule is COC(=O)Nc1ccccc1NC(=O)Nc1ccc(CCNC[C@H](O)COc2cccc3[nH]ccc23)cc1. The van der Waals surface area contributed by atoms with Crippen molar-refractivity contribution in [1.29, 1.82) is 0 Å². The number of hydrogen-bond donors (Lipinski definition) is 6. The summed E-state index contributed by atoms with van der Waals surface area (Å²) in [7, 11) is 1.27. The summed E-state index contributed by atoms with van der Waals surface area (Å²) >= 11 is 0. The number of aromatic nitrogens is 1. The van der Waals surface area contributed by atoms with Gasteiger partial charge in [0.2, 0.25) is 0 Å². The Morgan fingerprint density at radius 3 is 2.45 bits per heavy atom. The van der Waals surface area contributed by atoms with Crippen molar-refractivity contribution in [2.75, 3.05) is 42.8 Å². The zero-order chi connectivity index (χ0) is 26.7. The number of urea groups is 1. The predicted octanol–water partition coefficient (Wildman–Crippen LogP) is 4.56. The summed E-state index contributed by atoms with van der Waals surface area (Å²) in [6.07, 6.45) is 1.36. The molecule has 0 unspecified atom stereocenters. The molecule has 3 aromatic carbocycles. The molecule has 4 aromatic rings. The summed E-state index contributed by atoms with van der Waals surface area (Å²) in [5.41, 5.74) is 3.57. The second-order valence-electron chi connectivity index (χ2n) is 8.55. The average Bonchev–Trinajstić information content (AvgIpc) is 3.41. The van der Waals surface area contributed by atoms with Gasteiger partial charge in [-0.05, 0) is 61.0 Å². The molecule has 1 aromatic heterocycles. The average molecular weight is 518 g/mol. The van der Waals surface area contributed by atoms with Crippen molar-refractivity contribution < 1.29 is 24.2 Å². The third-order valence-electron chi connectivity index (χ3n) is 5.77. The molecule has 1 heterocycles. The van der Waals surface area contributed by atoms with E-state index in [0.717, 1.165) is 28.6 Å². The van der Waals surface area contributed by atoms with Crippen LogP contribution in [0.25, 0.3) is 10.9 Å². The summed E-state index contributed by atoms with van der Waals surface area (Å²) < 4.78 is 10.4. The van der Waals surface area contributed by atoms with Gasteiger partial charge < -0.3 is 35.5 Å². The van der Waals surface area contributed by atoms with E-state index in [9.17, 15) is 14.7 Å². The summed E-state index contributed by atoms with van der Waals surface area (Å²) in [5, 5.41) is 22.5. The highest BCUT2D eigenvalue weighted by molar-refractivity contribution is 6.03. The van der Waals surface area contributed by atoms with Crippen LogP contribution in [0.2, 0.25) is 0 Å². The third kappa shape index (κ3) is 7.48. The van der Waals surface area contributed by atoms with E-state index in [1.54, 1.807) is 24.3 Å². The number of amides is 3. The zero-order valence-electron chi connectivity index (χ0n) is 21.0. The molecule has 198 valence electrons. The number of methoxy groups -OCH3 is 1. The molecule has 0 aliphatic heterocycles. The molecule has 3 amide bonds. The van der Waals surface area contributed by atoms with Crippen molar-refractivity contribution in [2.24, 2.45) is 0 Å². The molecule has 0 aliphatic rings. The highest BCUT2D eigenvalue weighted by Crippen LogP contribution is 2.24. The first-order valence-electron chi connectivity index (χ1n) is 12.2. The van der Waals surface area contributed by atoms with Crippen LogP contribution < -0.4 is 26.0 Å². The third-order valence-corrected chi connectivity index (χ3v) is 5.77. The first kappa shape index (κ1) is 26.5. The molecule has 1 atom stereocenters. The summed E-state index contributed by atoms with van der Waals surface area (Å²) in [4.78, 5) is 27.1. The number of benzene rings is 3. The fourth-order valence-corrected chi connectivity index (χ4v) is 3.83. The number of rotatable bonds is 11. The number of carbonyl (C=O) groups is 2. The fourth-order valence-electron chi connectivity index (χ4n) is 3.83. The number of anilines is 3. The van der Waals surface area contributed by atoms with Crippen LogP contribution in [-0.4, -0.2) is 55.1 Å². The van der Waals surface area contributed by atoms with Crippen molar-refractivity contribution >= 4 is 40.1 Å². The van der Waals surface area contributed by atoms with E-state index in [4.69, 9.17) is 4.74 Å². The maximum absolute atomic E-state index is 12.4. The van der Waals surface area contributed by atoms with Gasteiger partial charge in [0, 0.05) is 29.3 Å². The van der Waals surface area contributed by atoms with Gasteiger partial charge in [-0.1, -0.05) is 30.3 Å². The fraction of sp³-hybridized carbons (Fsp3) is 0.214. The molecule has 10 nitrogen and oxygen atoms in total. The lowest BCUT2D eigenvalue weighted by atomic mass is 10.1. The Labute approximate surface area is 220 Å². The Hall–Kier alpha value is -4.54. The first-order valence-corrected chi connectivity index (χ1v) is 12.2. The van der Waals surface area contributed by atoms with Gasteiger partial charge >= 0.3 is 12.1 Å². The molecule has 0 saturated heterocycles. The van der Waals surface area contributed by atoms with Crippen molar-refractivity contribution in [2.45, 2.75) is 12.5 Å². The van der Waals surface area contributed by atoms with Gasteiger partial charge in [-0.15, -0.1) is 0 Å². The topological polar surface area (TPSA) is 137 Å². The Morgan fingerprint density at radius 2 is 1.68 bits per heavy atom. The quantitative estimate of drug-likeness (QED) is 0.161. The number of nitrogens with one attached hydrogen (secondary N) is 5. The second-order valence-corrected chi connectivity index (χ2v) is 8.55. The number of aliphatic hydroxyl groups is 1. The Kier molecular flexibility index (Phi) is 9.17. The number of hydrogen-bond acceptors (Lipinski definition) is 6. The van der Waals surface area contributed by atoms with Crippen LogP contribution in [0.1, 0.15) is 5.56 Å². The molecule has 0 spiro atoms. The number of para-hydroxylation sites is 2. The van der Waals surface area contributed by atoms with E-state index in [1.807, 2.05) is 54.7 Å². The minimum absolute atomic E-state index is 0.197. The zero-order valence-corrected chi connectivity index (χ0v) is 21.0. The lowest BCUT2D eigenvalue weighted by molar-refractivity contribution is 0.107. The molecule has 6 N–H and O–H groups in total. The highest BCUT2D eigenvalue weighted by Gasteiger charge is 2.10. The monoisotopic (exact) mass is 517 g/mol. The number of H-pyrrole nitrogens is 1. The van der Waals surface area contributed by atoms with Gasteiger partial charge in [0.05, 0.1) is 18.5 Å². The number of aromatic amines is 1. The van der Waals surface area contributed by atoms with Crippen molar-refractivity contribution in [3.8, 4) is 5.75 Å². The van der Waals surface area contributed by atoms with Crippen molar-refractivity contribution in [3.63, 3.8) is 0 Å². The van der Waals surface area contributed by atoms with Crippen LogP contribution in [0.5, 0.6) is 5.75 Å². The van der Waals surface area contributed by atoms with Gasteiger partial charge in [-0.3, -0.25) is 5.32 Å². The lowest BCUT2D eigenvalue weighted by Crippen LogP contribution is -2.32. The maximum atomic E-state index is 12.4. The molecule has 0 radical (unpaired) electrons. The van der Waals surface area contributed by atoms with Gasteiger partial charge in [0.25, 0.3) is 0 Å². The smallest absolute Gasteiger partial charge is 0.411 e. The molecule has 10 heteroatoms. The maximum Gasteiger partial charge on any atom is 0.411 e. The molecule has 4 rings (SSSR count). The van der Waals surface area contributed by atoms with Crippen molar-refractivity contribution in [1.82, 2.24) is 10.3 Å². The molecule has 38 heavy (non-hydrogen) atoms. The van der Waals surface area contributed by atoms with E-state index >= 15 is 0 Å². The van der Waals surface area contributed by atoms with Crippen LogP contribution in [0.15, 0.2) is 79.0 Å². The Morgan fingerprint density at radius 1 is 0.921 bits per heavy atom. The highest BCUT2D eigenvalue weighted by atomic mass is 16.5. The molecule has 0 saturated carbocycles. The van der Waals surface area contributed by atoms with Crippen LogP contribution in [0, 0.1) is 0 Å². The lowest BCUT2D eigenvalue weighted by Gasteiger charge is -2.14. The van der Waals surface area contributed by atoms with Crippen molar-refractivity contribution in [3.05, 3.63) is 84.6 Å². The summed E-state index contributed by atoms with van der Waals surface area (Å²) in [6, 6.07) is 21.6. The summed E-state index contributed by atoms with van der Waals surface area (Å²) in [6.45, 7) is 1.29. The number of ether oxygens (including phenoxy) is 2. The minimum atomic E-state index is -0.637. The van der Waals surface area contributed by atoms with Crippen LogP contribution in [0.4, 0.5) is 26.7 Å². The first-order chi connectivity index (χ1) is 18.5. The van der Waals surface area contributed by atoms with Crippen LogP contribution >= 0.6 is 0 Å². The number of aliphatic hydroxyl groups excluding tert-OH is 1. The normalized spacial score (nSPS) is 11.5. The molecule has 0 bridgehead atoms. The largest absolute Gasteiger partial charge is 0.490 e. The van der Waals surface area contributed by atoms with Gasteiger partial charge in [-0.2, -0.15) is 0 Å². The second kappa shape index (κ2) is 13.1. The summed E-state index contributed by atoms with van der Waals surface area (Å²) in [5.74, 6) is 0.743. The number of fused-ring (bicyclic) bond motifs is 1. The van der Waals surface area contributed by atoms with E-state index in [1.165, 1.54) is 7.11 Å². The van der Waals surface area contributed by atoms with Gasteiger partial charge in [0.1, 0.15) is 18.5 Å². The minimum Gasteiger partial charge on any atom is -0.490 e. The molecular formula is C28H31N5O5. The molecular weight excluding hydrogens is 486 g/mol. The van der Waals surface area contributed by atoms with Crippen LogP contribution in [-0.2, 0) is 11.2 Å². The predicted molar refractivity (Wildman–Crippen MR) is 148 cm³/mol. The molecule has 0 fully saturated rings. The number of carbonyl (C=O) groups excluding carboxylic acids is 2. The van der Waals surface area contributed by atoms with Gasteiger partial charge in [-0.25, -0.2) is 9.59 Å². The standard InChI is InChI=1S/C28H31N5O5/c1-37-28(36)33-25-6-3-2-5-24(25)32-27(35)31-20-11-9-19(10-12-20)13-15-29-17-21(34)18-38-26-8-4-7-23-22(26)14-16-30-23/h2-12,14,16,21,29-30,34H,13,15,17-18H2,1H3,(H,33,36)(H2,31,32,35)/t21-/m0/s1. The van der Waals surface area contributed by atoms with E-state index in [0.29, 0.717) is 30.2 Å². The van der Waals surface area contributed by atoms with Crippen LogP contribution in [0.3, 0.4) is 0 Å². The van der Waals surface area contributed by atoms with E-state index in [-0.39, 0.29) is 6.61 Å². The van der Waals surface area contributed by atoms with E-state index in [2.05, 4.69) is 31.0 Å². The molecule has 0 aliphatic carbocycles. The van der Waals surface area contributed by atoms with Gasteiger partial charge in [0.15, 0.2) is 0 Å². The van der Waals surface area contributed by atoms with E-state index < -0.39 is 18.2 Å². The Bertz CT molecular complexity index is 1360.